The second-order valence-electron chi connectivity index (χ2n) is 5.33. The Kier molecular flexibility index (Phi) is 3.59. The third-order valence-corrected chi connectivity index (χ3v) is 4.42. The van der Waals surface area contributed by atoms with E-state index in [4.69, 9.17) is 4.74 Å². The van der Waals surface area contributed by atoms with E-state index in [0.717, 1.165) is 19.3 Å². The summed E-state index contributed by atoms with van der Waals surface area (Å²) >= 11 is 0. The highest BCUT2D eigenvalue weighted by molar-refractivity contribution is 5.85. The Morgan fingerprint density at radius 2 is 1.87 bits per heavy atom. The Morgan fingerprint density at radius 1 is 1.33 bits per heavy atom. The smallest absolute Gasteiger partial charge is 0.141 e. The van der Waals surface area contributed by atoms with Gasteiger partial charge in [0.2, 0.25) is 0 Å². The molecule has 88 valence electrons. The molecule has 0 bridgehead atoms. The number of Topliss-reactive ketones (excluding diaryl/α,β-unsaturated/α-hetero) is 1. The quantitative estimate of drug-likeness (QED) is 0.718. The first kappa shape index (κ1) is 12.7. The fourth-order valence-corrected chi connectivity index (χ4v) is 3.25. The number of carbonyl (C=O) groups is 1. The molecular weight excluding hydrogens is 188 g/mol. The Morgan fingerprint density at radius 3 is 2.27 bits per heavy atom. The summed E-state index contributed by atoms with van der Waals surface area (Å²) in [5, 5.41) is 0. The number of ketones is 1. The highest BCUT2D eigenvalue weighted by Crippen LogP contribution is 2.49. The molecule has 1 atom stereocenters. The zero-order valence-electron chi connectivity index (χ0n) is 10.7. The summed E-state index contributed by atoms with van der Waals surface area (Å²) < 4.78 is 5.65. The predicted octanol–water partition coefficient (Wildman–Crippen LogP) is 3.20. The first-order valence-electron chi connectivity index (χ1n) is 6.00. The maximum atomic E-state index is 11.9. The molecule has 15 heavy (non-hydrogen) atoms. The summed E-state index contributed by atoms with van der Waals surface area (Å²) in [6.45, 7) is 8.48. The molecule has 1 aliphatic rings. The van der Waals surface area contributed by atoms with E-state index in [1.165, 1.54) is 0 Å². The van der Waals surface area contributed by atoms with Crippen molar-refractivity contribution >= 4 is 5.78 Å². The average Bonchev–Trinajstić information content (AvgIpc) is 2.22. The molecule has 1 unspecified atom stereocenters. The van der Waals surface area contributed by atoms with E-state index in [1.54, 1.807) is 7.11 Å². The highest BCUT2D eigenvalue weighted by Gasteiger charge is 2.51. The molecule has 2 heteroatoms. The van der Waals surface area contributed by atoms with Crippen LogP contribution >= 0.6 is 0 Å². The standard InChI is InChI=1S/C13H24O2/c1-6-13(7-2)9-8-10(14)12(3,4)11(13)15-5/h11H,6-9H2,1-5H3. The molecule has 0 radical (unpaired) electrons. The molecule has 0 amide bonds. The molecule has 1 fully saturated rings. The predicted molar refractivity (Wildman–Crippen MR) is 61.8 cm³/mol. The van der Waals surface area contributed by atoms with E-state index < -0.39 is 0 Å². The minimum atomic E-state index is -0.320. The fraction of sp³-hybridized carbons (Fsp3) is 0.923. The van der Waals surface area contributed by atoms with Gasteiger partial charge in [-0.1, -0.05) is 27.7 Å². The summed E-state index contributed by atoms with van der Waals surface area (Å²) in [6, 6.07) is 0. The second kappa shape index (κ2) is 4.25. The van der Waals surface area contributed by atoms with E-state index >= 15 is 0 Å². The highest BCUT2D eigenvalue weighted by atomic mass is 16.5. The van der Waals surface area contributed by atoms with Crippen molar-refractivity contribution in [3.05, 3.63) is 0 Å². The van der Waals surface area contributed by atoms with E-state index in [2.05, 4.69) is 13.8 Å². The zero-order chi connectivity index (χ0) is 11.7. The molecule has 1 aliphatic carbocycles. The van der Waals surface area contributed by atoms with Crippen LogP contribution in [0.3, 0.4) is 0 Å². The van der Waals surface area contributed by atoms with Gasteiger partial charge in [-0.2, -0.15) is 0 Å². The van der Waals surface area contributed by atoms with Crippen LogP contribution in [-0.4, -0.2) is 19.0 Å². The summed E-state index contributed by atoms with van der Waals surface area (Å²) in [7, 11) is 1.74. The van der Waals surface area contributed by atoms with Crippen LogP contribution in [0.4, 0.5) is 0 Å². The van der Waals surface area contributed by atoms with E-state index in [1.807, 2.05) is 13.8 Å². The van der Waals surface area contributed by atoms with Crippen LogP contribution in [0.5, 0.6) is 0 Å². The van der Waals surface area contributed by atoms with E-state index in [0.29, 0.717) is 12.2 Å². The largest absolute Gasteiger partial charge is 0.380 e. The lowest BCUT2D eigenvalue weighted by molar-refractivity contribution is -0.157. The lowest BCUT2D eigenvalue weighted by Gasteiger charge is -2.50. The number of hydrogen-bond acceptors (Lipinski definition) is 2. The van der Waals surface area contributed by atoms with Crippen LogP contribution < -0.4 is 0 Å². The average molecular weight is 212 g/mol. The van der Waals surface area contributed by atoms with E-state index in [-0.39, 0.29) is 16.9 Å². The van der Waals surface area contributed by atoms with Gasteiger partial charge in [0.05, 0.1) is 11.5 Å². The Labute approximate surface area is 93.4 Å². The maximum absolute atomic E-state index is 11.9. The Balaban J connectivity index is 3.07. The lowest BCUT2D eigenvalue weighted by Crippen LogP contribution is -2.53. The number of ether oxygens (including phenoxy) is 1. The number of rotatable bonds is 3. The number of methoxy groups -OCH3 is 1. The SMILES string of the molecule is CCC1(CC)CCC(=O)C(C)(C)C1OC. The molecule has 0 aromatic rings. The molecule has 1 rings (SSSR count). The molecule has 0 heterocycles. The minimum absolute atomic E-state index is 0.0706. The molecule has 0 saturated heterocycles. The Bertz CT molecular complexity index is 239. The van der Waals surface area contributed by atoms with Crippen LogP contribution in [0, 0.1) is 10.8 Å². The normalized spacial score (nSPS) is 29.1. The van der Waals surface area contributed by atoms with Gasteiger partial charge in [0.15, 0.2) is 0 Å². The summed E-state index contributed by atoms with van der Waals surface area (Å²) in [4.78, 5) is 11.9. The van der Waals surface area contributed by atoms with Crippen molar-refractivity contribution in [1.29, 1.82) is 0 Å². The van der Waals surface area contributed by atoms with Crippen LogP contribution in [0.2, 0.25) is 0 Å². The second-order valence-corrected chi connectivity index (χ2v) is 5.33. The van der Waals surface area contributed by atoms with Crippen LogP contribution in [0.25, 0.3) is 0 Å². The third kappa shape index (κ3) is 1.84. The van der Waals surface area contributed by atoms with Gasteiger partial charge in [0, 0.05) is 13.5 Å². The van der Waals surface area contributed by atoms with Gasteiger partial charge in [-0.3, -0.25) is 4.79 Å². The molecule has 2 nitrogen and oxygen atoms in total. The van der Waals surface area contributed by atoms with Crippen molar-refractivity contribution in [2.75, 3.05) is 7.11 Å². The summed E-state index contributed by atoms with van der Waals surface area (Å²) in [5.41, 5.74) is -0.120. The van der Waals surface area contributed by atoms with E-state index in [9.17, 15) is 4.79 Å². The number of carbonyl (C=O) groups excluding carboxylic acids is 1. The van der Waals surface area contributed by atoms with Gasteiger partial charge < -0.3 is 4.74 Å². The van der Waals surface area contributed by atoms with Crippen molar-refractivity contribution in [3.63, 3.8) is 0 Å². The minimum Gasteiger partial charge on any atom is -0.380 e. The molecule has 1 saturated carbocycles. The maximum Gasteiger partial charge on any atom is 0.141 e. The summed E-state index contributed by atoms with van der Waals surface area (Å²) in [6.07, 6.45) is 3.97. The lowest BCUT2D eigenvalue weighted by atomic mass is 9.58. The molecule has 0 aromatic carbocycles. The van der Waals surface area contributed by atoms with Gasteiger partial charge in [-0.05, 0) is 24.7 Å². The first-order valence-corrected chi connectivity index (χ1v) is 6.00. The molecule has 0 N–H and O–H groups in total. The van der Waals surface area contributed by atoms with Gasteiger partial charge >= 0.3 is 0 Å². The van der Waals surface area contributed by atoms with Crippen molar-refractivity contribution < 1.29 is 9.53 Å². The molecule has 0 spiro atoms. The van der Waals surface area contributed by atoms with Gasteiger partial charge in [0.1, 0.15) is 5.78 Å². The molecular formula is C13H24O2. The van der Waals surface area contributed by atoms with Gasteiger partial charge in [-0.15, -0.1) is 0 Å². The van der Waals surface area contributed by atoms with Gasteiger partial charge in [-0.25, -0.2) is 0 Å². The van der Waals surface area contributed by atoms with Crippen LogP contribution in [0.15, 0.2) is 0 Å². The first-order chi connectivity index (χ1) is 6.94. The van der Waals surface area contributed by atoms with Crippen LogP contribution in [-0.2, 0) is 9.53 Å². The zero-order valence-corrected chi connectivity index (χ0v) is 10.7. The van der Waals surface area contributed by atoms with Crippen molar-refractivity contribution in [2.24, 2.45) is 10.8 Å². The topological polar surface area (TPSA) is 26.3 Å². The van der Waals surface area contributed by atoms with Crippen molar-refractivity contribution in [3.8, 4) is 0 Å². The third-order valence-electron chi connectivity index (χ3n) is 4.42. The van der Waals surface area contributed by atoms with Crippen LogP contribution in [0.1, 0.15) is 53.4 Å². The molecule has 0 aromatic heterocycles. The Hall–Kier alpha value is -0.370. The van der Waals surface area contributed by atoms with Gasteiger partial charge in [0.25, 0.3) is 0 Å². The monoisotopic (exact) mass is 212 g/mol. The molecule has 0 aliphatic heterocycles. The van der Waals surface area contributed by atoms with Crippen molar-refractivity contribution in [2.45, 2.75) is 59.5 Å². The van der Waals surface area contributed by atoms with Crippen molar-refractivity contribution in [1.82, 2.24) is 0 Å². The fourth-order valence-electron chi connectivity index (χ4n) is 3.25. The summed E-state index contributed by atoms with van der Waals surface area (Å²) in [5.74, 6) is 0.354. The number of hydrogen-bond donors (Lipinski definition) is 0.